The lowest BCUT2D eigenvalue weighted by Gasteiger charge is -2.33. The van der Waals surface area contributed by atoms with Gasteiger partial charge in [0.15, 0.2) is 0 Å². The lowest BCUT2D eigenvalue weighted by molar-refractivity contribution is 0.0695. The summed E-state index contributed by atoms with van der Waals surface area (Å²) in [6.07, 6.45) is 1.68. The van der Waals surface area contributed by atoms with Gasteiger partial charge in [0, 0.05) is 12.1 Å². The first-order valence-electron chi connectivity index (χ1n) is 6.96. The predicted molar refractivity (Wildman–Crippen MR) is 82.0 cm³/mol. The van der Waals surface area contributed by atoms with Crippen molar-refractivity contribution in [2.24, 2.45) is 11.7 Å². The maximum Gasteiger partial charge on any atom is 0.123 e. The fourth-order valence-electron chi connectivity index (χ4n) is 2.77. The Morgan fingerprint density at radius 3 is 2.70 bits per heavy atom. The van der Waals surface area contributed by atoms with E-state index in [2.05, 4.69) is 4.90 Å². The molecule has 0 spiro atoms. The Hall–Kier alpha value is -1.04. The zero-order chi connectivity index (χ0) is 14.7. The van der Waals surface area contributed by atoms with Gasteiger partial charge in [0.05, 0.1) is 6.10 Å². The molecule has 1 saturated heterocycles. The highest BCUT2D eigenvalue weighted by Crippen LogP contribution is 2.23. The number of benzene rings is 1. The van der Waals surface area contributed by atoms with Gasteiger partial charge in [-0.25, -0.2) is 4.39 Å². The number of piperidine rings is 1. The van der Waals surface area contributed by atoms with Gasteiger partial charge >= 0.3 is 0 Å². The highest BCUT2D eigenvalue weighted by molar-refractivity contribution is 7.80. The van der Waals surface area contributed by atoms with Crippen LogP contribution in [-0.2, 0) is 6.54 Å². The number of halogens is 1. The molecule has 0 aromatic heterocycles. The second kappa shape index (κ2) is 6.61. The van der Waals surface area contributed by atoms with E-state index in [4.69, 9.17) is 18.0 Å². The van der Waals surface area contributed by atoms with Gasteiger partial charge in [-0.2, -0.15) is 0 Å². The minimum absolute atomic E-state index is 0.251. The number of aliphatic hydroxyl groups excluding tert-OH is 1. The van der Waals surface area contributed by atoms with E-state index in [0.717, 1.165) is 37.1 Å². The summed E-state index contributed by atoms with van der Waals surface area (Å²) in [5.74, 6) is 0.104. The molecular weight excluding hydrogens is 275 g/mol. The predicted octanol–water partition coefficient (Wildman–Crippen LogP) is 2.05. The number of hydrogen-bond donors (Lipinski definition) is 2. The number of thiocarbonyl (C=S) groups is 1. The molecule has 1 aliphatic rings. The molecular formula is C15H21FN2OS. The van der Waals surface area contributed by atoms with Crippen LogP contribution in [0.25, 0.3) is 0 Å². The summed E-state index contributed by atoms with van der Waals surface area (Å²) in [5, 5.41) is 9.60. The van der Waals surface area contributed by atoms with Crippen LogP contribution < -0.4 is 5.73 Å². The molecule has 0 radical (unpaired) electrons. The molecule has 20 heavy (non-hydrogen) atoms. The van der Waals surface area contributed by atoms with Crippen LogP contribution in [0.2, 0.25) is 0 Å². The highest BCUT2D eigenvalue weighted by Gasteiger charge is 2.23. The van der Waals surface area contributed by atoms with Crippen molar-refractivity contribution in [3.63, 3.8) is 0 Å². The minimum atomic E-state index is -0.265. The number of rotatable bonds is 4. The summed E-state index contributed by atoms with van der Waals surface area (Å²) in [7, 11) is 0. The van der Waals surface area contributed by atoms with Gasteiger partial charge in [-0.05, 0) is 62.5 Å². The zero-order valence-electron chi connectivity index (χ0n) is 11.7. The molecule has 0 saturated carbocycles. The minimum Gasteiger partial charge on any atom is -0.393 e. The molecule has 1 fully saturated rings. The molecule has 3 nitrogen and oxygen atoms in total. The number of likely N-dealkylation sites (tertiary alicyclic amines) is 1. The van der Waals surface area contributed by atoms with Gasteiger partial charge < -0.3 is 10.8 Å². The molecule has 0 aliphatic carbocycles. The fraction of sp³-hybridized carbons (Fsp3) is 0.533. The monoisotopic (exact) mass is 296 g/mol. The maximum atomic E-state index is 13.4. The molecule has 0 bridgehead atoms. The fourth-order valence-corrected chi connectivity index (χ4v) is 2.97. The number of aliphatic hydroxyl groups is 1. The molecule has 1 aromatic carbocycles. The second-order valence-electron chi connectivity index (χ2n) is 5.52. The second-order valence-corrected chi connectivity index (χ2v) is 5.96. The molecule has 5 heteroatoms. The molecule has 110 valence electrons. The Kier molecular flexibility index (Phi) is 5.07. The van der Waals surface area contributed by atoms with Crippen LogP contribution in [0.15, 0.2) is 18.2 Å². The largest absolute Gasteiger partial charge is 0.393 e. The standard InChI is InChI=1S/C15H21FN2OS/c1-10(19)11-4-6-18(7-5-11)9-12-8-13(16)2-3-14(12)15(17)20/h2-3,8,10-11,19H,4-7,9H2,1H3,(H2,17,20). The van der Waals surface area contributed by atoms with Crippen molar-refractivity contribution >= 4 is 17.2 Å². The first kappa shape index (κ1) is 15.4. The van der Waals surface area contributed by atoms with Crippen molar-refractivity contribution in [2.45, 2.75) is 32.4 Å². The van der Waals surface area contributed by atoms with Gasteiger partial charge in [0.1, 0.15) is 10.8 Å². The van der Waals surface area contributed by atoms with E-state index in [-0.39, 0.29) is 11.9 Å². The average Bonchev–Trinajstić information content (AvgIpc) is 2.39. The quantitative estimate of drug-likeness (QED) is 0.835. The van der Waals surface area contributed by atoms with Gasteiger partial charge in [-0.3, -0.25) is 4.90 Å². The Labute approximate surface area is 124 Å². The van der Waals surface area contributed by atoms with Crippen LogP contribution >= 0.6 is 12.2 Å². The topological polar surface area (TPSA) is 49.5 Å². The summed E-state index contributed by atoms with van der Waals surface area (Å²) in [6, 6.07) is 4.54. The molecule has 3 N–H and O–H groups in total. The maximum absolute atomic E-state index is 13.4. The average molecular weight is 296 g/mol. The van der Waals surface area contributed by atoms with Gasteiger partial charge in [-0.15, -0.1) is 0 Å². The van der Waals surface area contributed by atoms with Crippen molar-refractivity contribution in [2.75, 3.05) is 13.1 Å². The lowest BCUT2D eigenvalue weighted by atomic mass is 9.92. The summed E-state index contributed by atoms with van der Waals surface area (Å²) in [5.41, 5.74) is 7.28. The molecule has 1 aromatic rings. The lowest BCUT2D eigenvalue weighted by Crippen LogP contribution is -2.37. The number of nitrogens with zero attached hydrogens (tertiary/aromatic N) is 1. The van der Waals surface area contributed by atoms with Crippen LogP contribution in [-0.4, -0.2) is 34.2 Å². The third-order valence-electron chi connectivity index (χ3n) is 4.04. The van der Waals surface area contributed by atoms with E-state index in [1.54, 1.807) is 6.07 Å². The van der Waals surface area contributed by atoms with Crippen molar-refractivity contribution < 1.29 is 9.50 Å². The molecule has 1 aliphatic heterocycles. The Morgan fingerprint density at radius 1 is 1.50 bits per heavy atom. The Balaban J connectivity index is 2.04. The third kappa shape index (κ3) is 3.75. The summed E-state index contributed by atoms with van der Waals surface area (Å²) in [4.78, 5) is 2.56. The van der Waals surface area contributed by atoms with E-state index in [1.165, 1.54) is 12.1 Å². The zero-order valence-corrected chi connectivity index (χ0v) is 12.5. The van der Waals surface area contributed by atoms with Gasteiger partial charge in [0.2, 0.25) is 0 Å². The molecule has 2 rings (SSSR count). The molecule has 0 amide bonds. The molecule has 1 heterocycles. The number of hydrogen-bond acceptors (Lipinski definition) is 3. The SMILES string of the molecule is CC(O)C1CCN(Cc2cc(F)ccc2C(N)=S)CC1. The smallest absolute Gasteiger partial charge is 0.123 e. The Bertz CT molecular complexity index is 485. The van der Waals surface area contributed by atoms with Crippen molar-refractivity contribution in [1.29, 1.82) is 0 Å². The van der Waals surface area contributed by atoms with Crippen LogP contribution in [0.5, 0.6) is 0 Å². The van der Waals surface area contributed by atoms with Crippen molar-refractivity contribution in [3.05, 3.63) is 35.1 Å². The van der Waals surface area contributed by atoms with Crippen LogP contribution in [0.1, 0.15) is 30.9 Å². The van der Waals surface area contributed by atoms with Crippen molar-refractivity contribution in [1.82, 2.24) is 4.90 Å². The summed E-state index contributed by atoms with van der Waals surface area (Å²) < 4.78 is 13.4. The normalized spacial score (nSPS) is 18.9. The first-order valence-corrected chi connectivity index (χ1v) is 7.37. The summed E-state index contributed by atoms with van der Waals surface area (Å²) in [6.45, 7) is 4.31. The Morgan fingerprint density at radius 2 is 2.15 bits per heavy atom. The highest BCUT2D eigenvalue weighted by atomic mass is 32.1. The van der Waals surface area contributed by atoms with Crippen LogP contribution in [0, 0.1) is 11.7 Å². The van der Waals surface area contributed by atoms with E-state index in [9.17, 15) is 9.50 Å². The van der Waals surface area contributed by atoms with Crippen LogP contribution in [0.4, 0.5) is 4.39 Å². The first-order chi connectivity index (χ1) is 9.47. The van der Waals surface area contributed by atoms with E-state index >= 15 is 0 Å². The summed E-state index contributed by atoms with van der Waals surface area (Å²) >= 11 is 5.02. The van der Waals surface area contributed by atoms with Gasteiger partial charge in [-0.1, -0.05) is 12.2 Å². The van der Waals surface area contributed by atoms with Crippen LogP contribution in [0.3, 0.4) is 0 Å². The van der Waals surface area contributed by atoms with Crippen molar-refractivity contribution in [3.8, 4) is 0 Å². The van der Waals surface area contributed by atoms with E-state index < -0.39 is 0 Å². The van der Waals surface area contributed by atoms with Gasteiger partial charge in [0.25, 0.3) is 0 Å². The van der Waals surface area contributed by atoms with E-state index in [1.807, 2.05) is 6.92 Å². The molecule has 1 unspecified atom stereocenters. The van der Waals surface area contributed by atoms with E-state index in [0.29, 0.717) is 17.5 Å². The number of nitrogens with two attached hydrogens (primary N) is 1. The molecule has 1 atom stereocenters. The third-order valence-corrected chi connectivity index (χ3v) is 4.26.